The molecule has 3 aromatic rings. The molecule has 6 nitrogen and oxygen atoms in total. The van der Waals surface area contributed by atoms with Gasteiger partial charge in [0.15, 0.2) is 0 Å². The molecule has 3 rings (SSSR count). The fourth-order valence-corrected chi connectivity index (χ4v) is 2.44. The Labute approximate surface area is 153 Å². The lowest BCUT2D eigenvalue weighted by Crippen LogP contribution is -2.33. The molecule has 2 aromatic carbocycles. The standard InChI is InChI=1S/C20H16FNO5/c1-11(2)22-18(23)15-9-12-7-8-13(10-17(12)27-20(15)25)26-19(24)14-5-3-4-6-16(14)21/h3-11H,1-2H3,(H,22,23). The Morgan fingerprint density at radius 2 is 1.81 bits per heavy atom. The Balaban J connectivity index is 1.90. The molecule has 27 heavy (non-hydrogen) atoms. The first-order valence-corrected chi connectivity index (χ1v) is 8.20. The number of hydrogen-bond donors (Lipinski definition) is 1. The minimum atomic E-state index is -0.872. The largest absolute Gasteiger partial charge is 0.423 e. The highest BCUT2D eigenvalue weighted by molar-refractivity contribution is 5.97. The van der Waals surface area contributed by atoms with Crippen molar-refractivity contribution in [2.45, 2.75) is 19.9 Å². The molecule has 0 fully saturated rings. The zero-order chi connectivity index (χ0) is 19.6. The third kappa shape index (κ3) is 4.03. The van der Waals surface area contributed by atoms with Crippen LogP contribution >= 0.6 is 0 Å². The third-order valence-corrected chi connectivity index (χ3v) is 3.68. The van der Waals surface area contributed by atoms with E-state index in [9.17, 15) is 18.8 Å². The van der Waals surface area contributed by atoms with Crippen LogP contribution < -0.4 is 15.7 Å². The summed E-state index contributed by atoms with van der Waals surface area (Å²) in [5, 5.41) is 3.10. The quantitative estimate of drug-likeness (QED) is 0.433. The van der Waals surface area contributed by atoms with Gasteiger partial charge in [-0.05, 0) is 44.2 Å². The highest BCUT2D eigenvalue weighted by Gasteiger charge is 2.16. The van der Waals surface area contributed by atoms with Crippen molar-refractivity contribution >= 4 is 22.8 Å². The summed E-state index contributed by atoms with van der Waals surface area (Å²) < 4.78 is 24.0. The molecular weight excluding hydrogens is 353 g/mol. The van der Waals surface area contributed by atoms with Crippen molar-refractivity contribution < 1.29 is 23.1 Å². The minimum absolute atomic E-state index is 0.0817. The van der Waals surface area contributed by atoms with Gasteiger partial charge in [-0.25, -0.2) is 14.0 Å². The molecule has 0 saturated heterocycles. The van der Waals surface area contributed by atoms with Crippen LogP contribution in [0.15, 0.2) is 57.7 Å². The smallest absolute Gasteiger partial charge is 0.349 e. The number of nitrogens with one attached hydrogen (secondary N) is 1. The number of carbonyl (C=O) groups is 2. The molecule has 0 saturated carbocycles. The molecular formula is C20H16FNO5. The third-order valence-electron chi connectivity index (χ3n) is 3.68. The van der Waals surface area contributed by atoms with Crippen molar-refractivity contribution in [1.29, 1.82) is 0 Å². The van der Waals surface area contributed by atoms with Crippen LogP contribution in [0.25, 0.3) is 11.0 Å². The van der Waals surface area contributed by atoms with Gasteiger partial charge in [-0.3, -0.25) is 4.79 Å². The van der Waals surface area contributed by atoms with Crippen molar-refractivity contribution in [2.75, 3.05) is 0 Å². The Morgan fingerprint density at radius 3 is 2.52 bits per heavy atom. The highest BCUT2D eigenvalue weighted by atomic mass is 19.1. The van der Waals surface area contributed by atoms with E-state index in [1.807, 2.05) is 0 Å². The van der Waals surface area contributed by atoms with Crippen LogP contribution in [0.5, 0.6) is 5.75 Å². The molecule has 0 aliphatic heterocycles. The fraction of sp³-hybridized carbons (Fsp3) is 0.150. The van der Waals surface area contributed by atoms with Crippen LogP contribution in [0.3, 0.4) is 0 Å². The van der Waals surface area contributed by atoms with E-state index < -0.39 is 23.3 Å². The van der Waals surface area contributed by atoms with Gasteiger partial charge < -0.3 is 14.5 Å². The number of carbonyl (C=O) groups excluding carboxylic acids is 2. The van der Waals surface area contributed by atoms with Crippen LogP contribution in [-0.4, -0.2) is 17.9 Å². The molecule has 0 aliphatic carbocycles. The van der Waals surface area contributed by atoms with Gasteiger partial charge in [-0.1, -0.05) is 12.1 Å². The van der Waals surface area contributed by atoms with E-state index in [-0.39, 0.29) is 28.5 Å². The second-order valence-corrected chi connectivity index (χ2v) is 6.14. The van der Waals surface area contributed by atoms with Crippen molar-refractivity contribution in [3.63, 3.8) is 0 Å². The summed E-state index contributed by atoms with van der Waals surface area (Å²) in [6.07, 6.45) is 0. The number of rotatable bonds is 4. The molecule has 0 aliphatic rings. The lowest BCUT2D eigenvalue weighted by atomic mass is 10.1. The number of halogens is 1. The Bertz CT molecular complexity index is 1090. The molecule has 1 heterocycles. The zero-order valence-electron chi connectivity index (χ0n) is 14.6. The second-order valence-electron chi connectivity index (χ2n) is 6.14. The summed E-state index contributed by atoms with van der Waals surface area (Å²) in [7, 11) is 0. The van der Waals surface area contributed by atoms with Crippen molar-refractivity contribution in [1.82, 2.24) is 5.32 Å². The second kappa shape index (κ2) is 7.41. The van der Waals surface area contributed by atoms with Crippen molar-refractivity contribution in [2.24, 2.45) is 0 Å². The molecule has 1 N–H and O–H groups in total. The summed E-state index contributed by atoms with van der Waals surface area (Å²) in [5.74, 6) is -2.02. The van der Waals surface area contributed by atoms with E-state index in [2.05, 4.69) is 5.32 Å². The molecule has 0 spiro atoms. The van der Waals surface area contributed by atoms with E-state index >= 15 is 0 Å². The average molecular weight is 369 g/mol. The molecule has 0 atom stereocenters. The van der Waals surface area contributed by atoms with Gasteiger partial charge >= 0.3 is 11.6 Å². The highest BCUT2D eigenvalue weighted by Crippen LogP contribution is 2.22. The van der Waals surface area contributed by atoms with Gasteiger partial charge in [0.1, 0.15) is 22.7 Å². The monoisotopic (exact) mass is 369 g/mol. The summed E-state index contributed by atoms with van der Waals surface area (Å²) in [6, 6.07) is 11.0. The number of ether oxygens (including phenoxy) is 1. The topological polar surface area (TPSA) is 85.6 Å². The van der Waals surface area contributed by atoms with Crippen LogP contribution in [0.2, 0.25) is 0 Å². The van der Waals surface area contributed by atoms with Gasteiger partial charge in [-0.15, -0.1) is 0 Å². The first kappa shape index (κ1) is 18.3. The maximum Gasteiger partial charge on any atom is 0.349 e. The SMILES string of the molecule is CC(C)NC(=O)c1cc2ccc(OC(=O)c3ccccc3F)cc2oc1=O. The minimum Gasteiger partial charge on any atom is -0.423 e. The first-order chi connectivity index (χ1) is 12.8. The Kier molecular flexibility index (Phi) is 5.03. The Hall–Kier alpha value is -3.48. The Morgan fingerprint density at radius 1 is 1.07 bits per heavy atom. The lowest BCUT2D eigenvalue weighted by molar-refractivity contribution is 0.0729. The summed E-state index contributed by atoms with van der Waals surface area (Å²) in [6.45, 7) is 3.55. The van der Waals surface area contributed by atoms with Crippen LogP contribution in [0.1, 0.15) is 34.6 Å². The van der Waals surface area contributed by atoms with Gasteiger partial charge in [0, 0.05) is 17.5 Å². The van der Waals surface area contributed by atoms with Gasteiger partial charge in [0.05, 0.1) is 5.56 Å². The molecule has 0 unspecified atom stereocenters. The van der Waals surface area contributed by atoms with Crippen LogP contribution in [-0.2, 0) is 0 Å². The molecule has 1 aromatic heterocycles. The zero-order valence-corrected chi connectivity index (χ0v) is 14.6. The number of esters is 1. The van der Waals surface area contributed by atoms with Gasteiger partial charge in [-0.2, -0.15) is 0 Å². The first-order valence-electron chi connectivity index (χ1n) is 8.20. The molecule has 0 radical (unpaired) electrons. The van der Waals surface area contributed by atoms with E-state index in [4.69, 9.17) is 9.15 Å². The maximum atomic E-state index is 13.7. The number of fused-ring (bicyclic) bond motifs is 1. The molecule has 138 valence electrons. The lowest BCUT2D eigenvalue weighted by Gasteiger charge is -2.08. The summed E-state index contributed by atoms with van der Waals surface area (Å²) in [5.41, 5.74) is -0.995. The van der Waals surface area contributed by atoms with E-state index in [1.54, 1.807) is 13.8 Å². The van der Waals surface area contributed by atoms with Crippen LogP contribution in [0, 0.1) is 5.82 Å². The van der Waals surface area contributed by atoms with Crippen molar-refractivity contribution in [3.05, 3.63) is 75.9 Å². The fourth-order valence-electron chi connectivity index (χ4n) is 2.44. The van der Waals surface area contributed by atoms with Crippen molar-refractivity contribution in [3.8, 4) is 5.75 Å². The molecule has 1 amide bonds. The van der Waals surface area contributed by atoms with Gasteiger partial charge in [0.2, 0.25) is 0 Å². The summed E-state index contributed by atoms with van der Waals surface area (Å²) in [4.78, 5) is 36.2. The maximum absolute atomic E-state index is 13.7. The molecule has 7 heteroatoms. The number of hydrogen-bond acceptors (Lipinski definition) is 5. The van der Waals surface area contributed by atoms with E-state index in [0.717, 1.165) is 6.07 Å². The predicted octanol–water partition coefficient (Wildman–Crippen LogP) is 3.29. The number of amides is 1. The average Bonchev–Trinajstić information content (AvgIpc) is 2.60. The van der Waals surface area contributed by atoms with Gasteiger partial charge in [0.25, 0.3) is 5.91 Å². The van der Waals surface area contributed by atoms with E-state index in [0.29, 0.717) is 5.39 Å². The van der Waals surface area contributed by atoms with Crippen LogP contribution in [0.4, 0.5) is 4.39 Å². The predicted molar refractivity (Wildman–Crippen MR) is 96.4 cm³/mol. The molecule has 0 bridgehead atoms. The van der Waals surface area contributed by atoms with E-state index in [1.165, 1.54) is 42.5 Å². The summed E-state index contributed by atoms with van der Waals surface area (Å²) >= 11 is 0. The normalized spacial score (nSPS) is 10.8. The number of benzene rings is 2.